The summed E-state index contributed by atoms with van der Waals surface area (Å²) in [5.74, 6) is -1.23. The van der Waals surface area contributed by atoms with E-state index >= 15 is 0 Å². The van der Waals surface area contributed by atoms with Crippen molar-refractivity contribution in [3.63, 3.8) is 0 Å². The predicted octanol–water partition coefficient (Wildman–Crippen LogP) is 2.51. The monoisotopic (exact) mass is 231 g/mol. The molecule has 0 aliphatic rings. The number of hydrogen-bond donors (Lipinski definition) is 1. The number of carboxylic acid groups (broad SMARTS) is 1. The highest BCUT2D eigenvalue weighted by Crippen LogP contribution is 2.19. The van der Waals surface area contributed by atoms with E-state index in [1.165, 1.54) is 12.1 Å². The van der Waals surface area contributed by atoms with Crippen LogP contribution in [-0.2, 0) is 11.2 Å². The van der Waals surface area contributed by atoms with Crippen LogP contribution in [0, 0.1) is 5.82 Å². The van der Waals surface area contributed by atoms with E-state index in [0.29, 0.717) is 5.69 Å². The van der Waals surface area contributed by atoms with E-state index in [1.807, 2.05) is 0 Å². The lowest BCUT2D eigenvalue weighted by atomic mass is 10.1. The topological polar surface area (TPSA) is 50.2 Å². The number of rotatable bonds is 3. The van der Waals surface area contributed by atoms with Gasteiger partial charge in [-0.2, -0.15) is 0 Å². The van der Waals surface area contributed by atoms with Crippen LogP contribution in [-0.4, -0.2) is 16.1 Å². The van der Waals surface area contributed by atoms with Crippen molar-refractivity contribution in [2.75, 3.05) is 0 Å². The van der Waals surface area contributed by atoms with Crippen LogP contribution in [0.1, 0.15) is 5.69 Å². The highest BCUT2D eigenvalue weighted by Gasteiger charge is 2.03. The van der Waals surface area contributed by atoms with E-state index in [4.69, 9.17) is 5.11 Å². The molecule has 1 aromatic heterocycles. The minimum Gasteiger partial charge on any atom is -0.481 e. The van der Waals surface area contributed by atoms with Crippen LogP contribution >= 0.6 is 0 Å². The molecule has 17 heavy (non-hydrogen) atoms. The third-order valence-electron chi connectivity index (χ3n) is 2.32. The Morgan fingerprint density at radius 1 is 1.24 bits per heavy atom. The average Bonchev–Trinajstić information content (AvgIpc) is 2.29. The number of carboxylic acids is 1. The number of hydrogen-bond acceptors (Lipinski definition) is 2. The molecule has 1 N–H and O–H groups in total. The van der Waals surface area contributed by atoms with Gasteiger partial charge in [0.15, 0.2) is 0 Å². The molecular formula is C13H10FNO2. The molecule has 1 heterocycles. The maximum absolute atomic E-state index is 13.0. The Morgan fingerprint density at radius 2 is 2.06 bits per heavy atom. The van der Waals surface area contributed by atoms with Crippen LogP contribution in [0.5, 0.6) is 0 Å². The largest absolute Gasteiger partial charge is 0.481 e. The third kappa shape index (κ3) is 2.87. The summed E-state index contributed by atoms with van der Waals surface area (Å²) in [4.78, 5) is 14.5. The quantitative estimate of drug-likeness (QED) is 0.883. The molecule has 0 amide bonds. The minimum atomic E-state index is -0.920. The average molecular weight is 231 g/mol. The lowest BCUT2D eigenvalue weighted by Crippen LogP contribution is -2.01. The Kier molecular flexibility index (Phi) is 3.14. The normalized spacial score (nSPS) is 10.2. The van der Waals surface area contributed by atoms with Gasteiger partial charge in [0, 0.05) is 11.8 Å². The fourth-order valence-corrected chi connectivity index (χ4v) is 1.52. The molecule has 0 aliphatic carbocycles. The van der Waals surface area contributed by atoms with Crippen molar-refractivity contribution in [1.82, 2.24) is 4.98 Å². The van der Waals surface area contributed by atoms with Gasteiger partial charge >= 0.3 is 5.97 Å². The molecule has 0 aliphatic heterocycles. The molecule has 1 aromatic carbocycles. The first-order valence-corrected chi connectivity index (χ1v) is 5.08. The van der Waals surface area contributed by atoms with Crippen LogP contribution in [0.4, 0.5) is 4.39 Å². The van der Waals surface area contributed by atoms with Gasteiger partial charge in [-0.15, -0.1) is 0 Å². The molecule has 0 bridgehead atoms. The summed E-state index contributed by atoms with van der Waals surface area (Å²) in [5, 5.41) is 8.60. The molecule has 2 rings (SSSR count). The fraction of sp³-hybridized carbons (Fsp3) is 0.0769. The summed E-state index contributed by atoms with van der Waals surface area (Å²) in [6, 6.07) is 9.55. The van der Waals surface area contributed by atoms with Gasteiger partial charge in [0.05, 0.1) is 12.1 Å². The predicted molar refractivity (Wildman–Crippen MR) is 61.0 cm³/mol. The highest BCUT2D eigenvalue weighted by atomic mass is 19.1. The summed E-state index contributed by atoms with van der Waals surface area (Å²) in [6.45, 7) is 0. The smallest absolute Gasteiger partial charge is 0.309 e. The number of nitrogens with zero attached hydrogens (tertiary/aromatic N) is 1. The van der Waals surface area contributed by atoms with Crippen LogP contribution in [0.15, 0.2) is 42.6 Å². The van der Waals surface area contributed by atoms with Crippen LogP contribution < -0.4 is 0 Å². The first-order chi connectivity index (χ1) is 8.15. The van der Waals surface area contributed by atoms with Crippen LogP contribution in [0.3, 0.4) is 0 Å². The van der Waals surface area contributed by atoms with E-state index in [9.17, 15) is 9.18 Å². The molecule has 0 unspecified atom stereocenters. The molecule has 0 saturated heterocycles. The highest BCUT2D eigenvalue weighted by molar-refractivity contribution is 5.70. The SMILES string of the molecule is O=C(O)Cc1ccc(-c2cccc(F)c2)cn1. The first-order valence-electron chi connectivity index (χ1n) is 5.08. The maximum atomic E-state index is 13.0. The minimum absolute atomic E-state index is 0.108. The second-order valence-corrected chi connectivity index (χ2v) is 3.62. The molecule has 0 spiro atoms. The van der Waals surface area contributed by atoms with Crippen molar-refractivity contribution in [3.05, 3.63) is 54.1 Å². The number of aliphatic carboxylic acids is 1. The molecule has 0 saturated carbocycles. The van der Waals surface area contributed by atoms with Crippen molar-refractivity contribution in [1.29, 1.82) is 0 Å². The molecule has 3 nitrogen and oxygen atoms in total. The summed E-state index contributed by atoms with van der Waals surface area (Å²) in [5.41, 5.74) is 1.97. The first kappa shape index (κ1) is 11.3. The zero-order valence-corrected chi connectivity index (χ0v) is 8.93. The van der Waals surface area contributed by atoms with Crippen molar-refractivity contribution in [2.45, 2.75) is 6.42 Å². The lowest BCUT2D eigenvalue weighted by molar-refractivity contribution is -0.136. The van der Waals surface area contributed by atoms with Gasteiger partial charge in [0.1, 0.15) is 5.82 Å². The summed E-state index contributed by atoms with van der Waals surface area (Å²) < 4.78 is 13.0. The van der Waals surface area contributed by atoms with Gasteiger partial charge in [-0.25, -0.2) is 4.39 Å². The second kappa shape index (κ2) is 4.74. The van der Waals surface area contributed by atoms with Gasteiger partial charge in [0.2, 0.25) is 0 Å². The van der Waals surface area contributed by atoms with E-state index in [2.05, 4.69) is 4.98 Å². The van der Waals surface area contributed by atoms with Gasteiger partial charge in [0.25, 0.3) is 0 Å². The molecule has 4 heteroatoms. The van der Waals surface area contributed by atoms with E-state index in [1.54, 1.807) is 30.5 Å². The number of benzene rings is 1. The third-order valence-corrected chi connectivity index (χ3v) is 2.32. The summed E-state index contributed by atoms with van der Waals surface area (Å²) >= 11 is 0. The van der Waals surface area contributed by atoms with Gasteiger partial charge in [-0.05, 0) is 23.8 Å². The van der Waals surface area contributed by atoms with Crippen LogP contribution in [0.2, 0.25) is 0 Å². The molecule has 0 atom stereocenters. The Bertz CT molecular complexity index is 537. The molecule has 2 aromatic rings. The van der Waals surface area contributed by atoms with Gasteiger partial charge < -0.3 is 5.11 Å². The Morgan fingerprint density at radius 3 is 2.65 bits per heavy atom. The standard InChI is InChI=1S/C13H10FNO2/c14-11-3-1-2-9(6-11)10-4-5-12(15-8-10)7-13(16)17/h1-6,8H,7H2,(H,16,17). The Labute approximate surface area is 97.6 Å². The van der Waals surface area contributed by atoms with Crippen molar-refractivity contribution in [3.8, 4) is 11.1 Å². The van der Waals surface area contributed by atoms with E-state index < -0.39 is 5.97 Å². The van der Waals surface area contributed by atoms with Gasteiger partial charge in [-0.3, -0.25) is 9.78 Å². The van der Waals surface area contributed by atoms with Gasteiger partial charge in [-0.1, -0.05) is 18.2 Å². The van der Waals surface area contributed by atoms with E-state index in [-0.39, 0.29) is 12.2 Å². The number of aromatic nitrogens is 1. The van der Waals surface area contributed by atoms with Crippen molar-refractivity contribution >= 4 is 5.97 Å². The molecule has 0 fully saturated rings. The maximum Gasteiger partial charge on any atom is 0.309 e. The summed E-state index contributed by atoms with van der Waals surface area (Å²) in [6.07, 6.45) is 1.44. The zero-order valence-electron chi connectivity index (χ0n) is 8.93. The van der Waals surface area contributed by atoms with Crippen molar-refractivity contribution in [2.24, 2.45) is 0 Å². The fourth-order valence-electron chi connectivity index (χ4n) is 1.52. The zero-order chi connectivity index (χ0) is 12.3. The van der Waals surface area contributed by atoms with E-state index in [0.717, 1.165) is 11.1 Å². The lowest BCUT2D eigenvalue weighted by Gasteiger charge is -2.02. The number of pyridine rings is 1. The summed E-state index contributed by atoms with van der Waals surface area (Å²) in [7, 11) is 0. The Hall–Kier alpha value is -2.23. The molecular weight excluding hydrogens is 221 g/mol. The number of carbonyl (C=O) groups is 1. The molecule has 0 radical (unpaired) electrons. The molecule has 86 valence electrons. The van der Waals surface area contributed by atoms with Crippen LogP contribution in [0.25, 0.3) is 11.1 Å². The van der Waals surface area contributed by atoms with Crippen molar-refractivity contribution < 1.29 is 14.3 Å². The Balaban J connectivity index is 2.26. The number of halogens is 1. The second-order valence-electron chi connectivity index (χ2n) is 3.62.